The summed E-state index contributed by atoms with van der Waals surface area (Å²) in [4.78, 5) is 23.7. The average molecular weight is 480 g/mol. The van der Waals surface area contributed by atoms with Crippen LogP contribution in [-0.2, 0) is 14.3 Å². The molecule has 0 bridgehead atoms. The van der Waals surface area contributed by atoms with Crippen molar-refractivity contribution in [1.82, 2.24) is 0 Å². The minimum absolute atomic E-state index is 0.138. The number of halogens is 3. The van der Waals surface area contributed by atoms with Crippen molar-refractivity contribution in [3.63, 3.8) is 0 Å². The Labute approximate surface area is 195 Å². The lowest BCUT2D eigenvalue weighted by Crippen LogP contribution is -2.09. The van der Waals surface area contributed by atoms with Gasteiger partial charge in [-0.15, -0.1) is 0 Å². The molecule has 0 aliphatic carbocycles. The molecular weight excluding hydrogens is 447 g/mol. The largest absolute Gasteiger partial charge is 0.466 e. The number of carbonyl (C=O) groups excluding carboxylic acids is 2. The van der Waals surface area contributed by atoms with Crippen LogP contribution < -0.4 is 4.74 Å². The van der Waals surface area contributed by atoms with Crippen molar-refractivity contribution in [1.29, 1.82) is 0 Å². The Morgan fingerprint density at radius 1 is 0.767 bits per heavy atom. The number of esters is 2. The molecule has 0 aromatic heterocycles. The van der Waals surface area contributed by atoms with Crippen LogP contribution in [0.1, 0.15) is 90.4 Å². The average Bonchev–Trinajstić information content (AvgIpc) is 2.70. The lowest BCUT2D eigenvalue weighted by atomic mass is 10.1. The van der Waals surface area contributed by atoms with Gasteiger partial charge in [-0.3, -0.25) is 9.59 Å². The first-order chi connectivity index (χ1) is 14.4. The quantitative estimate of drug-likeness (QED) is 0.104. The maximum atomic E-state index is 11.9. The van der Waals surface area contributed by atoms with Crippen LogP contribution in [0.5, 0.6) is 5.75 Å². The SMILES string of the molecule is CCCCCCCCCCCOC(=O)CCCCC(=O)Oc1cc(Cl)cc(Cl)c1Cl. The zero-order chi connectivity index (χ0) is 22.2. The zero-order valence-corrected chi connectivity index (χ0v) is 20.1. The molecule has 30 heavy (non-hydrogen) atoms. The standard InChI is InChI=1S/C23H33Cl3O4/c1-2-3-4-5-6-7-8-9-12-15-29-21(27)13-10-11-14-22(28)30-20-17-18(24)16-19(25)23(20)26/h16-17H,2-15H2,1H3. The van der Waals surface area contributed by atoms with Gasteiger partial charge in [0.1, 0.15) is 5.02 Å². The number of hydrogen-bond acceptors (Lipinski definition) is 4. The van der Waals surface area contributed by atoms with Gasteiger partial charge in [0.15, 0.2) is 5.75 Å². The van der Waals surface area contributed by atoms with E-state index in [9.17, 15) is 9.59 Å². The number of benzene rings is 1. The second kappa shape index (κ2) is 16.7. The fourth-order valence-corrected chi connectivity index (χ4v) is 3.61. The number of rotatable bonds is 16. The molecule has 0 atom stereocenters. The van der Waals surface area contributed by atoms with Gasteiger partial charge in [0.25, 0.3) is 0 Å². The monoisotopic (exact) mass is 478 g/mol. The highest BCUT2D eigenvalue weighted by atomic mass is 35.5. The highest BCUT2D eigenvalue weighted by Crippen LogP contribution is 2.35. The van der Waals surface area contributed by atoms with Gasteiger partial charge in [-0.1, -0.05) is 93.1 Å². The predicted molar refractivity (Wildman–Crippen MR) is 124 cm³/mol. The molecule has 170 valence electrons. The molecule has 0 heterocycles. The molecule has 0 aliphatic heterocycles. The van der Waals surface area contributed by atoms with E-state index in [4.69, 9.17) is 44.3 Å². The van der Waals surface area contributed by atoms with Crippen LogP contribution in [0.3, 0.4) is 0 Å². The van der Waals surface area contributed by atoms with Crippen LogP contribution in [0, 0.1) is 0 Å². The van der Waals surface area contributed by atoms with Crippen LogP contribution in [-0.4, -0.2) is 18.5 Å². The number of unbranched alkanes of at least 4 members (excludes halogenated alkanes) is 9. The highest BCUT2D eigenvalue weighted by Gasteiger charge is 2.13. The van der Waals surface area contributed by atoms with E-state index < -0.39 is 5.97 Å². The van der Waals surface area contributed by atoms with Crippen molar-refractivity contribution in [2.45, 2.75) is 90.4 Å². The van der Waals surface area contributed by atoms with Gasteiger partial charge in [0.2, 0.25) is 0 Å². The van der Waals surface area contributed by atoms with Crippen LogP contribution in [0.4, 0.5) is 0 Å². The number of carbonyl (C=O) groups is 2. The summed E-state index contributed by atoms with van der Waals surface area (Å²) in [5.41, 5.74) is 0. The first-order valence-electron chi connectivity index (χ1n) is 10.9. The topological polar surface area (TPSA) is 52.6 Å². The fraction of sp³-hybridized carbons (Fsp3) is 0.652. The Morgan fingerprint density at radius 2 is 1.33 bits per heavy atom. The van der Waals surface area contributed by atoms with E-state index >= 15 is 0 Å². The molecular formula is C23H33Cl3O4. The second-order valence-corrected chi connectivity index (χ2v) is 8.65. The van der Waals surface area contributed by atoms with Crippen LogP contribution in [0.15, 0.2) is 12.1 Å². The summed E-state index contributed by atoms with van der Waals surface area (Å²) in [7, 11) is 0. The predicted octanol–water partition coefficient (Wildman–Crippen LogP) is 8.19. The minimum atomic E-state index is -0.446. The van der Waals surface area contributed by atoms with E-state index in [1.165, 1.54) is 57.1 Å². The molecule has 0 fully saturated rings. The van der Waals surface area contributed by atoms with Gasteiger partial charge >= 0.3 is 11.9 Å². The Balaban J connectivity index is 2.02. The van der Waals surface area contributed by atoms with Gasteiger partial charge in [-0.2, -0.15) is 0 Å². The van der Waals surface area contributed by atoms with E-state index in [1.54, 1.807) is 0 Å². The van der Waals surface area contributed by atoms with Crippen LogP contribution >= 0.6 is 34.8 Å². The first-order valence-corrected chi connectivity index (χ1v) is 12.1. The number of ether oxygens (including phenoxy) is 2. The summed E-state index contributed by atoms with van der Waals surface area (Å²) < 4.78 is 10.4. The third-order valence-electron chi connectivity index (χ3n) is 4.71. The maximum Gasteiger partial charge on any atom is 0.311 e. The molecule has 0 saturated carbocycles. The lowest BCUT2D eigenvalue weighted by Gasteiger charge is -2.08. The van der Waals surface area contributed by atoms with Crippen molar-refractivity contribution in [2.75, 3.05) is 6.61 Å². The van der Waals surface area contributed by atoms with Crippen LogP contribution in [0.2, 0.25) is 15.1 Å². The molecule has 1 aromatic carbocycles. The fourth-order valence-electron chi connectivity index (χ4n) is 2.99. The third-order valence-corrected chi connectivity index (χ3v) is 5.71. The Kier molecular flexibility index (Phi) is 15.1. The summed E-state index contributed by atoms with van der Waals surface area (Å²) in [5.74, 6) is -0.523. The maximum absolute atomic E-state index is 11.9. The molecule has 1 rings (SSSR count). The molecule has 1 aromatic rings. The summed E-state index contributed by atoms with van der Waals surface area (Å²) >= 11 is 17.8. The van der Waals surface area contributed by atoms with Crippen molar-refractivity contribution in [3.8, 4) is 5.75 Å². The molecule has 0 radical (unpaired) electrons. The highest BCUT2D eigenvalue weighted by molar-refractivity contribution is 6.44. The van der Waals surface area contributed by atoms with E-state index in [1.807, 2.05) is 0 Å². The summed E-state index contributed by atoms with van der Waals surface area (Å²) in [6.45, 7) is 2.70. The molecule has 7 heteroatoms. The molecule has 0 spiro atoms. The Bertz CT molecular complexity index is 650. The molecule has 0 saturated heterocycles. The Hall–Kier alpha value is -0.970. The number of hydrogen-bond donors (Lipinski definition) is 0. The van der Waals surface area contributed by atoms with Gasteiger partial charge in [0.05, 0.1) is 11.6 Å². The molecule has 0 unspecified atom stereocenters. The first kappa shape index (κ1) is 27.1. The van der Waals surface area contributed by atoms with Gasteiger partial charge in [-0.05, 0) is 25.3 Å². The van der Waals surface area contributed by atoms with Gasteiger partial charge < -0.3 is 9.47 Å². The molecule has 4 nitrogen and oxygen atoms in total. The third kappa shape index (κ3) is 12.7. The van der Waals surface area contributed by atoms with Crippen molar-refractivity contribution >= 4 is 46.7 Å². The van der Waals surface area contributed by atoms with Gasteiger partial charge in [-0.25, -0.2) is 0 Å². The van der Waals surface area contributed by atoms with E-state index in [0.29, 0.717) is 30.9 Å². The molecule has 0 N–H and O–H groups in total. The van der Waals surface area contributed by atoms with Crippen molar-refractivity contribution in [3.05, 3.63) is 27.2 Å². The lowest BCUT2D eigenvalue weighted by molar-refractivity contribution is -0.144. The summed E-state index contributed by atoms with van der Waals surface area (Å²) in [6.07, 6.45) is 12.6. The van der Waals surface area contributed by atoms with Crippen molar-refractivity contribution < 1.29 is 19.1 Å². The van der Waals surface area contributed by atoms with Crippen molar-refractivity contribution in [2.24, 2.45) is 0 Å². The van der Waals surface area contributed by atoms with E-state index in [0.717, 1.165) is 12.8 Å². The molecule has 0 aliphatic rings. The normalized spacial score (nSPS) is 10.8. The van der Waals surface area contributed by atoms with Crippen LogP contribution in [0.25, 0.3) is 0 Å². The second-order valence-electron chi connectivity index (χ2n) is 7.43. The van der Waals surface area contributed by atoms with E-state index in [2.05, 4.69) is 6.92 Å². The van der Waals surface area contributed by atoms with Gasteiger partial charge in [0, 0.05) is 23.9 Å². The molecule has 0 amide bonds. The minimum Gasteiger partial charge on any atom is -0.466 e. The summed E-state index contributed by atoms with van der Waals surface area (Å²) in [5, 5.41) is 0.707. The zero-order valence-electron chi connectivity index (χ0n) is 17.8. The Morgan fingerprint density at radius 3 is 1.97 bits per heavy atom. The van der Waals surface area contributed by atoms with E-state index in [-0.39, 0.29) is 28.2 Å². The summed E-state index contributed by atoms with van der Waals surface area (Å²) in [6, 6.07) is 2.92. The smallest absolute Gasteiger partial charge is 0.311 e.